The molecule has 0 unspecified atom stereocenters. The summed E-state index contributed by atoms with van der Waals surface area (Å²) < 4.78 is 38.2. The summed E-state index contributed by atoms with van der Waals surface area (Å²) in [4.78, 5) is 14.9. The number of carboxylic acid groups (broad SMARTS) is 1. The molecule has 2 rings (SSSR count). The summed E-state index contributed by atoms with van der Waals surface area (Å²) in [6.45, 7) is 1.66. The van der Waals surface area contributed by atoms with E-state index in [-0.39, 0.29) is 17.8 Å². The zero-order chi connectivity index (χ0) is 17.9. The summed E-state index contributed by atoms with van der Waals surface area (Å²) in [5.74, 6) is -1.28. The molecule has 0 saturated heterocycles. The molecule has 5 nitrogen and oxygen atoms in total. The van der Waals surface area contributed by atoms with Crippen LogP contribution in [0.25, 0.3) is 0 Å². The van der Waals surface area contributed by atoms with Crippen LogP contribution in [-0.2, 0) is 17.4 Å². The molecule has 0 bridgehead atoms. The number of carbonyl (C=O) groups is 1. The molecule has 0 aliphatic carbocycles. The van der Waals surface area contributed by atoms with Gasteiger partial charge in [0.05, 0.1) is 5.56 Å². The van der Waals surface area contributed by atoms with Gasteiger partial charge in [-0.15, -0.1) is 0 Å². The van der Waals surface area contributed by atoms with Gasteiger partial charge >= 0.3 is 12.1 Å². The summed E-state index contributed by atoms with van der Waals surface area (Å²) in [6.07, 6.45) is -2.12. The molecule has 1 aromatic carbocycles. The number of aliphatic imine (C=N–C) groups is 1. The minimum atomic E-state index is -4.41. The van der Waals surface area contributed by atoms with Gasteiger partial charge in [0.25, 0.3) is 0 Å². The zero-order valence-electron chi connectivity index (χ0n) is 12.6. The number of halogens is 3. The van der Waals surface area contributed by atoms with Crippen LogP contribution in [-0.4, -0.2) is 23.5 Å². The third-order valence-corrected chi connectivity index (χ3v) is 3.42. The fraction of sp³-hybridized carbons (Fsp3) is 0.188. The van der Waals surface area contributed by atoms with Crippen molar-refractivity contribution in [2.24, 2.45) is 4.99 Å². The Kier molecular flexibility index (Phi) is 4.87. The van der Waals surface area contributed by atoms with E-state index in [2.05, 4.69) is 10.3 Å². The summed E-state index contributed by atoms with van der Waals surface area (Å²) in [6, 6.07) is 4.99. The van der Waals surface area contributed by atoms with E-state index in [0.29, 0.717) is 23.0 Å². The average molecular weight is 337 g/mol. The summed E-state index contributed by atoms with van der Waals surface area (Å²) in [7, 11) is 0. The van der Waals surface area contributed by atoms with Crippen molar-refractivity contribution in [2.45, 2.75) is 19.5 Å². The molecule has 1 aromatic rings. The third-order valence-electron chi connectivity index (χ3n) is 3.42. The van der Waals surface area contributed by atoms with E-state index in [1.165, 1.54) is 12.3 Å². The topological polar surface area (TPSA) is 85.5 Å². The van der Waals surface area contributed by atoms with Gasteiger partial charge in [-0.05, 0) is 24.1 Å². The van der Waals surface area contributed by atoms with Crippen molar-refractivity contribution in [1.82, 2.24) is 5.32 Å². The van der Waals surface area contributed by atoms with Gasteiger partial charge in [0.2, 0.25) is 0 Å². The van der Waals surface area contributed by atoms with Crippen LogP contribution >= 0.6 is 0 Å². The van der Waals surface area contributed by atoms with E-state index in [0.717, 1.165) is 12.1 Å². The second-order valence-electron chi connectivity index (χ2n) is 5.12. The summed E-state index contributed by atoms with van der Waals surface area (Å²) >= 11 is 0. The largest absolute Gasteiger partial charge is 0.477 e. The maximum atomic E-state index is 12.7. The highest BCUT2D eigenvalue weighted by Gasteiger charge is 2.30. The van der Waals surface area contributed by atoms with Crippen molar-refractivity contribution >= 4 is 18.4 Å². The highest BCUT2D eigenvalue weighted by molar-refractivity contribution is 6.08. The van der Waals surface area contributed by atoms with E-state index in [4.69, 9.17) is 10.5 Å². The number of hydrogen-bond donors (Lipinski definition) is 3. The smallest absolute Gasteiger partial charge is 0.416 e. The lowest BCUT2D eigenvalue weighted by Crippen LogP contribution is -2.22. The third kappa shape index (κ3) is 3.89. The first-order chi connectivity index (χ1) is 11.2. The van der Waals surface area contributed by atoms with Crippen LogP contribution in [0.4, 0.5) is 13.2 Å². The number of hydrogen-bond acceptors (Lipinski definition) is 4. The van der Waals surface area contributed by atoms with E-state index >= 15 is 0 Å². The van der Waals surface area contributed by atoms with Gasteiger partial charge in [-0.1, -0.05) is 18.2 Å². The molecule has 0 atom stereocenters. The lowest BCUT2D eigenvalue weighted by Gasteiger charge is -2.18. The Morgan fingerprint density at radius 2 is 2.12 bits per heavy atom. The van der Waals surface area contributed by atoms with Crippen LogP contribution in [0.5, 0.6) is 0 Å². The lowest BCUT2D eigenvalue weighted by atomic mass is 10.0. The number of rotatable bonds is 4. The van der Waals surface area contributed by atoms with Crippen molar-refractivity contribution in [1.29, 1.82) is 5.41 Å². The van der Waals surface area contributed by atoms with Gasteiger partial charge in [0.15, 0.2) is 0 Å². The summed E-state index contributed by atoms with van der Waals surface area (Å²) in [5, 5.41) is 18.8. The molecular weight excluding hydrogens is 323 g/mol. The van der Waals surface area contributed by atoms with Gasteiger partial charge in [0, 0.05) is 24.5 Å². The second kappa shape index (κ2) is 6.69. The second-order valence-corrected chi connectivity index (χ2v) is 5.12. The van der Waals surface area contributed by atoms with Crippen LogP contribution in [0.2, 0.25) is 0 Å². The zero-order valence-corrected chi connectivity index (χ0v) is 12.6. The van der Waals surface area contributed by atoms with Gasteiger partial charge in [0.1, 0.15) is 11.4 Å². The van der Waals surface area contributed by atoms with Crippen LogP contribution in [0, 0.1) is 5.41 Å². The maximum absolute atomic E-state index is 12.7. The maximum Gasteiger partial charge on any atom is 0.416 e. The molecule has 1 heterocycles. The van der Waals surface area contributed by atoms with Gasteiger partial charge in [-0.3, -0.25) is 0 Å². The first-order valence-electron chi connectivity index (χ1n) is 6.87. The number of carboxylic acids is 1. The highest BCUT2D eigenvalue weighted by atomic mass is 19.4. The van der Waals surface area contributed by atoms with Crippen molar-refractivity contribution in [3.8, 4) is 0 Å². The molecule has 0 amide bonds. The van der Waals surface area contributed by atoms with Crippen molar-refractivity contribution in [2.75, 3.05) is 0 Å². The van der Waals surface area contributed by atoms with Crippen molar-refractivity contribution in [3.63, 3.8) is 0 Å². The Morgan fingerprint density at radius 3 is 2.67 bits per heavy atom. The Bertz CT molecular complexity index is 777. The molecule has 126 valence electrons. The molecule has 1 aliphatic rings. The molecule has 3 N–H and O–H groups in total. The Hall–Kier alpha value is -2.90. The molecule has 8 heteroatoms. The average Bonchev–Trinajstić information content (AvgIpc) is 2.50. The quantitative estimate of drug-likeness (QED) is 0.583. The molecule has 0 fully saturated rings. The predicted octanol–water partition coefficient (Wildman–Crippen LogP) is 3.14. The van der Waals surface area contributed by atoms with Crippen LogP contribution in [0.1, 0.15) is 18.1 Å². The molecule has 0 spiro atoms. The van der Waals surface area contributed by atoms with Gasteiger partial charge in [-0.25, -0.2) is 9.79 Å². The van der Waals surface area contributed by atoms with Gasteiger partial charge in [-0.2, -0.15) is 13.2 Å². The van der Waals surface area contributed by atoms with Crippen LogP contribution in [0.15, 0.2) is 51.9 Å². The Labute approximate surface area is 135 Å². The fourth-order valence-corrected chi connectivity index (χ4v) is 2.15. The van der Waals surface area contributed by atoms with Crippen LogP contribution in [0.3, 0.4) is 0 Å². The van der Waals surface area contributed by atoms with E-state index in [1.807, 2.05) is 0 Å². The van der Waals surface area contributed by atoms with Crippen LogP contribution < -0.4 is 5.32 Å². The first kappa shape index (κ1) is 17.5. The van der Waals surface area contributed by atoms with Gasteiger partial charge < -0.3 is 15.8 Å². The highest BCUT2D eigenvalue weighted by Crippen LogP contribution is 2.30. The molecule has 0 radical (unpaired) electrons. The minimum Gasteiger partial charge on any atom is -0.477 e. The SMILES string of the molecule is CC1=C(Cc2cccc(C(F)(F)F)c2)C=N/C(=C(/C=N)C(=O)O)N1. The van der Waals surface area contributed by atoms with Crippen molar-refractivity contribution < 1.29 is 23.1 Å². The first-order valence-corrected chi connectivity index (χ1v) is 6.87. The van der Waals surface area contributed by atoms with E-state index < -0.39 is 17.7 Å². The minimum absolute atomic E-state index is 0.0165. The number of alkyl halides is 3. The monoisotopic (exact) mass is 337 g/mol. The number of nitrogens with one attached hydrogen (secondary N) is 2. The fourth-order valence-electron chi connectivity index (χ4n) is 2.15. The molecule has 1 aliphatic heterocycles. The summed E-state index contributed by atoms with van der Waals surface area (Å²) in [5.41, 5.74) is 0.636. The standard InChI is InChI=1S/C16H14F3N3O2/c1-9-11(8-21-14(22-9)13(7-20)15(23)24)5-10-3-2-4-12(6-10)16(17,18)19/h2-4,6-8,20,22H,5H2,1H3,(H,23,24)/b14-13+,20-7?. The number of allylic oxidation sites excluding steroid dienone is 2. The number of aliphatic carboxylic acids is 1. The Morgan fingerprint density at radius 1 is 1.42 bits per heavy atom. The molecule has 0 aromatic heterocycles. The van der Waals surface area contributed by atoms with Crippen molar-refractivity contribution in [3.05, 3.63) is 58.1 Å². The number of benzene rings is 1. The normalized spacial score (nSPS) is 16.7. The predicted molar refractivity (Wildman–Crippen MR) is 82.9 cm³/mol. The lowest BCUT2D eigenvalue weighted by molar-refractivity contribution is -0.137. The Balaban J connectivity index is 2.26. The number of nitrogens with zero attached hydrogens (tertiary/aromatic N) is 1. The molecule has 0 saturated carbocycles. The molecule has 24 heavy (non-hydrogen) atoms. The molecular formula is C16H14F3N3O2. The van der Waals surface area contributed by atoms with E-state index in [9.17, 15) is 18.0 Å². The van der Waals surface area contributed by atoms with E-state index in [1.54, 1.807) is 13.0 Å².